The molecule has 0 saturated heterocycles. The van der Waals surface area contributed by atoms with E-state index in [1.165, 1.54) is 12.1 Å². The molecule has 1 atom stereocenters. The molecule has 0 aromatic heterocycles. The van der Waals surface area contributed by atoms with E-state index in [0.29, 0.717) is 19.4 Å². The predicted octanol–water partition coefficient (Wildman–Crippen LogP) is 3.51. The fourth-order valence-electron chi connectivity index (χ4n) is 2.24. The van der Waals surface area contributed by atoms with Gasteiger partial charge in [-0.05, 0) is 30.5 Å². The first kappa shape index (κ1) is 18.1. The summed E-state index contributed by atoms with van der Waals surface area (Å²) in [5.41, 5.74) is 1.23. The molecule has 2 N–H and O–H groups in total. The van der Waals surface area contributed by atoms with Crippen LogP contribution in [0, 0.1) is 5.82 Å². The van der Waals surface area contributed by atoms with Crippen LogP contribution in [0.2, 0.25) is 0 Å². The molecule has 5 heteroatoms. The lowest BCUT2D eigenvalue weighted by molar-refractivity contribution is -0.116. The summed E-state index contributed by atoms with van der Waals surface area (Å²) in [6.45, 7) is 0.676. The van der Waals surface area contributed by atoms with Gasteiger partial charge in [-0.25, -0.2) is 4.39 Å². The van der Waals surface area contributed by atoms with E-state index >= 15 is 0 Å². The molecule has 0 radical (unpaired) electrons. The molecule has 0 saturated carbocycles. The number of carbonyl (C=O) groups excluding carboxylic acids is 1. The first-order valence-corrected chi connectivity index (χ1v) is 7.99. The smallest absolute Gasteiger partial charge is 0.224 e. The Morgan fingerprint density at radius 2 is 1.83 bits per heavy atom. The Morgan fingerprint density at radius 1 is 1.12 bits per heavy atom. The third kappa shape index (κ3) is 6.48. The van der Waals surface area contributed by atoms with Gasteiger partial charge in [0.15, 0.2) is 0 Å². The van der Waals surface area contributed by atoms with Crippen LogP contribution in [0.1, 0.15) is 24.8 Å². The molecule has 0 aliphatic rings. The van der Waals surface area contributed by atoms with Crippen molar-refractivity contribution in [3.8, 4) is 0 Å². The Bertz CT molecular complexity index is 634. The van der Waals surface area contributed by atoms with Gasteiger partial charge in [0.05, 0.1) is 25.0 Å². The number of rotatable bonds is 9. The number of carbonyl (C=O) groups is 1. The maximum absolute atomic E-state index is 13.4. The molecule has 0 aliphatic carbocycles. The molecule has 0 heterocycles. The second kappa shape index (κ2) is 9.80. The van der Waals surface area contributed by atoms with Crippen LogP contribution in [0.3, 0.4) is 0 Å². The number of hydrogen-bond donors (Lipinski definition) is 2. The van der Waals surface area contributed by atoms with E-state index in [2.05, 4.69) is 5.32 Å². The van der Waals surface area contributed by atoms with Gasteiger partial charge in [0.1, 0.15) is 5.82 Å². The topological polar surface area (TPSA) is 58.6 Å². The fourth-order valence-corrected chi connectivity index (χ4v) is 2.24. The molecule has 0 aliphatic heterocycles. The van der Waals surface area contributed by atoms with Crippen molar-refractivity contribution in [3.63, 3.8) is 0 Å². The monoisotopic (exact) mass is 331 g/mol. The highest BCUT2D eigenvalue weighted by molar-refractivity contribution is 5.90. The van der Waals surface area contributed by atoms with Crippen molar-refractivity contribution in [1.29, 1.82) is 0 Å². The molecule has 2 aromatic carbocycles. The lowest BCUT2D eigenvalue weighted by Gasteiger charge is -2.11. The Morgan fingerprint density at radius 3 is 2.58 bits per heavy atom. The molecule has 1 unspecified atom stereocenters. The van der Waals surface area contributed by atoms with Gasteiger partial charge in [-0.3, -0.25) is 4.79 Å². The summed E-state index contributed by atoms with van der Waals surface area (Å²) >= 11 is 0. The number of halogens is 1. The van der Waals surface area contributed by atoms with Crippen LogP contribution in [0.25, 0.3) is 0 Å². The lowest BCUT2D eigenvalue weighted by atomic mass is 10.1. The summed E-state index contributed by atoms with van der Waals surface area (Å²) in [6, 6.07) is 15.8. The number of hydrogen-bond acceptors (Lipinski definition) is 3. The van der Waals surface area contributed by atoms with Gasteiger partial charge in [0.2, 0.25) is 5.91 Å². The average Bonchev–Trinajstić information content (AvgIpc) is 2.58. The van der Waals surface area contributed by atoms with Gasteiger partial charge in [0.25, 0.3) is 0 Å². The number of aliphatic hydroxyl groups excluding tert-OH is 1. The summed E-state index contributed by atoms with van der Waals surface area (Å²) in [7, 11) is 0. The van der Waals surface area contributed by atoms with E-state index in [4.69, 9.17) is 4.74 Å². The Hall–Kier alpha value is -2.24. The molecule has 0 spiro atoms. The zero-order valence-corrected chi connectivity index (χ0v) is 13.5. The second-order valence-electron chi connectivity index (χ2n) is 5.57. The van der Waals surface area contributed by atoms with Gasteiger partial charge in [0, 0.05) is 6.42 Å². The number of ether oxygens (including phenoxy) is 1. The molecular weight excluding hydrogens is 309 g/mol. The summed E-state index contributed by atoms with van der Waals surface area (Å²) in [4.78, 5) is 11.8. The number of anilines is 1. The van der Waals surface area contributed by atoms with Gasteiger partial charge in [-0.2, -0.15) is 0 Å². The van der Waals surface area contributed by atoms with Gasteiger partial charge in [-0.1, -0.05) is 42.5 Å². The first-order chi connectivity index (χ1) is 11.6. The van der Waals surface area contributed by atoms with Crippen molar-refractivity contribution in [1.82, 2.24) is 0 Å². The standard InChI is InChI=1S/C19H22FNO3/c20-17-10-4-5-11-18(17)21-19(23)12-6-9-16(22)14-24-13-15-7-2-1-3-8-15/h1-5,7-8,10-11,16,22H,6,9,12-14H2,(H,21,23). The summed E-state index contributed by atoms with van der Waals surface area (Å²) in [5.74, 6) is -0.724. The molecule has 4 nitrogen and oxygen atoms in total. The highest BCUT2D eigenvalue weighted by atomic mass is 19.1. The molecular formula is C19H22FNO3. The van der Waals surface area contributed by atoms with Crippen molar-refractivity contribution < 1.29 is 19.0 Å². The molecule has 1 amide bonds. The van der Waals surface area contributed by atoms with E-state index in [0.717, 1.165) is 5.56 Å². The highest BCUT2D eigenvalue weighted by Gasteiger charge is 2.09. The molecule has 2 rings (SSSR count). The average molecular weight is 331 g/mol. The molecule has 0 fully saturated rings. The van der Waals surface area contributed by atoms with Crippen molar-refractivity contribution in [3.05, 3.63) is 66.0 Å². The third-order valence-corrected chi connectivity index (χ3v) is 3.51. The quantitative estimate of drug-likeness (QED) is 0.739. The van der Waals surface area contributed by atoms with Crippen LogP contribution in [0.4, 0.5) is 10.1 Å². The van der Waals surface area contributed by atoms with E-state index in [-0.39, 0.29) is 24.6 Å². The second-order valence-corrected chi connectivity index (χ2v) is 5.57. The van der Waals surface area contributed by atoms with E-state index < -0.39 is 11.9 Å². The van der Waals surface area contributed by atoms with Crippen molar-refractivity contribution in [2.45, 2.75) is 32.0 Å². The first-order valence-electron chi connectivity index (χ1n) is 7.99. The normalized spacial score (nSPS) is 11.9. The molecule has 2 aromatic rings. The van der Waals surface area contributed by atoms with Gasteiger partial charge in [-0.15, -0.1) is 0 Å². The van der Waals surface area contributed by atoms with Crippen LogP contribution in [0.15, 0.2) is 54.6 Å². The van der Waals surface area contributed by atoms with Crippen LogP contribution < -0.4 is 5.32 Å². The van der Waals surface area contributed by atoms with Crippen LogP contribution in [-0.4, -0.2) is 23.7 Å². The largest absolute Gasteiger partial charge is 0.391 e. The molecule has 128 valence electrons. The van der Waals surface area contributed by atoms with Crippen LogP contribution in [-0.2, 0) is 16.1 Å². The van der Waals surface area contributed by atoms with Crippen molar-refractivity contribution in [2.75, 3.05) is 11.9 Å². The zero-order valence-electron chi connectivity index (χ0n) is 13.5. The SMILES string of the molecule is O=C(CCCC(O)COCc1ccccc1)Nc1ccccc1F. The van der Waals surface area contributed by atoms with Crippen LogP contribution in [0.5, 0.6) is 0 Å². The van der Waals surface area contributed by atoms with E-state index in [1.54, 1.807) is 12.1 Å². The zero-order chi connectivity index (χ0) is 17.2. The summed E-state index contributed by atoms with van der Waals surface area (Å²) in [5, 5.41) is 12.4. The van der Waals surface area contributed by atoms with Gasteiger partial charge >= 0.3 is 0 Å². The predicted molar refractivity (Wildman–Crippen MR) is 91.0 cm³/mol. The number of amides is 1. The number of aliphatic hydroxyl groups is 1. The summed E-state index contributed by atoms with van der Waals surface area (Å²) < 4.78 is 18.9. The highest BCUT2D eigenvalue weighted by Crippen LogP contribution is 2.13. The van der Waals surface area contributed by atoms with Crippen LogP contribution >= 0.6 is 0 Å². The summed E-state index contributed by atoms with van der Waals surface area (Å²) in [6.07, 6.45) is 0.578. The minimum Gasteiger partial charge on any atom is -0.391 e. The number of nitrogens with one attached hydrogen (secondary N) is 1. The maximum Gasteiger partial charge on any atom is 0.224 e. The van der Waals surface area contributed by atoms with Gasteiger partial charge < -0.3 is 15.2 Å². The maximum atomic E-state index is 13.4. The minimum absolute atomic E-state index is 0.175. The lowest BCUT2D eigenvalue weighted by Crippen LogP contribution is -2.17. The third-order valence-electron chi connectivity index (χ3n) is 3.51. The number of para-hydroxylation sites is 1. The number of benzene rings is 2. The molecule has 24 heavy (non-hydrogen) atoms. The molecule has 0 bridgehead atoms. The Kier molecular flexibility index (Phi) is 7.39. The van der Waals surface area contributed by atoms with Crippen molar-refractivity contribution >= 4 is 11.6 Å². The minimum atomic E-state index is -0.616. The fraction of sp³-hybridized carbons (Fsp3) is 0.316. The van der Waals surface area contributed by atoms with E-state index in [1.807, 2.05) is 30.3 Å². The Labute approximate surface area is 141 Å². The Balaban J connectivity index is 1.59. The van der Waals surface area contributed by atoms with E-state index in [9.17, 15) is 14.3 Å². The van der Waals surface area contributed by atoms with Crippen molar-refractivity contribution in [2.24, 2.45) is 0 Å².